The molecule has 0 saturated carbocycles. The normalized spacial score (nSPS) is 11.1. The van der Waals surface area contributed by atoms with Crippen molar-refractivity contribution in [2.75, 3.05) is 0 Å². The van der Waals surface area contributed by atoms with E-state index >= 15 is 0 Å². The molecule has 0 unspecified atom stereocenters. The quantitative estimate of drug-likeness (QED) is 0.116. The van der Waals surface area contributed by atoms with E-state index in [2.05, 4.69) is 27.0 Å². The van der Waals surface area contributed by atoms with Gasteiger partial charge in [0.25, 0.3) is 5.69 Å². The third kappa shape index (κ3) is 4.92. The van der Waals surface area contributed by atoms with E-state index in [9.17, 15) is 15.4 Å². The maximum Gasteiger partial charge on any atom is 0.270 e. The molecule has 0 N–H and O–H groups in total. The fourth-order valence-corrected chi connectivity index (χ4v) is 4.59. The van der Waals surface area contributed by atoms with E-state index in [-0.39, 0.29) is 11.6 Å². The van der Waals surface area contributed by atoms with Gasteiger partial charge in [-0.3, -0.25) is 10.1 Å². The molecule has 5 rings (SSSR count). The first-order valence-electron chi connectivity index (χ1n) is 11.6. The van der Waals surface area contributed by atoms with Gasteiger partial charge in [-0.2, -0.15) is 5.26 Å². The standard InChI is InChI=1S/C30H20BrN3O4/c1-18-3-7-20(8-4-18)28-25(16-32)30(38-29(28)21-9-5-19(2)6-10-21)33-17-23-12-14-27(37-23)24-13-11-22(34(35)36)15-26(24)31/h3-15,17H,1-2H3. The van der Waals surface area contributed by atoms with Crippen molar-refractivity contribution in [1.82, 2.24) is 0 Å². The Bertz CT molecular complexity index is 1720. The zero-order valence-electron chi connectivity index (χ0n) is 20.4. The second-order valence-electron chi connectivity index (χ2n) is 8.71. The average molecular weight is 566 g/mol. The molecule has 0 fully saturated rings. The van der Waals surface area contributed by atoms with Gasteiger partial charge in [-0.05, 0) is 53.5 Å². The Balaban J connectivity index is 1.54. The second kappa shape index (κ2) is 10.3. The fraction of sp³-hybridized carbons (Fsp3) is 0.0667. The van der Waals surface area contributed by atoms with Gasteiger partial charge < -0.3 is 8.83 Å². The maximum atomic E-state index is 11.0. The number of aryl methyl sites for hydroxylation is 2. The number of nitro groups is 1. The summed E-state index contributed by atoms with van der Waals surface area (Å²) in [6, 6.07) is 26.0. The van der Waals surface area contributed by atoms with Gasteiger partial charge in [-0.1, -0.05) is 59.7 Å². The number of hydrogen-bond donors (Lipinski definition) is 0. The maximum absolute atomic E-state index is 11.0. The van der Waals surface area contributed by atoms with Crippen molar-refractivity contribution >= 4 is 33.7 Å². The number of rotatable bonds is 6. The summed E-state index contributed by atoms with van der Waals surface area (Å²) in [5.74, 6) is 1.67. The van der Waals surface area contributed by atoms with Crippen LogP contribution in [-0.4, -0.2) is 11.1 Å². The van der Waals surface area contributed by atoms with E-state index in [4.69, 9.17) is 8.83 Å². The average Bonchev–Trinajstić information content (AvgIpc) is 3.53. The molecule has 0 bridgehead atoms. The molecule has 0 radical (unpaired) electrons. The van der Waals surface area contributed by atoms with Crippen LogP contribution in [0, 0.1) is 35.3 Å². The Morgan fingerprint density at radius 2 is 1.58 bits per heavy atom. The summed E-state index contributed by atoms with van der Waals surface area (Å²) in [5.41, 5.74) is 5.56. The zero-order valence-corrected chi connectivity index (χ0v) is 22.0. The number of non-ortho nitro benzene ring substituents is 1. The van der Waals surface area contributed by atoms with Gasteiger partial charge in [0.2, 0.25) is 5.88 Å². The Labute approximate surface area is 227 Å². The number of aliphatic imine (C=N–C) groups is 1. The van der Waals surface area contributed by atoms with Crippen molar-refractivity contribution in [3.8, 4) is 39.8 Å². The molecule has 0 atom stereocenters. The molecule has 0 spiro atoms. The lowest BCUT2D eigenvalue weighted by Crippen LogP contribution is -1.88. The first-order chi connectivity index (χ1) is 18.3. The highest BCUT2D eigenvalue weighted by atomic mass is 79.9. The largest absolute Gasteiger partial charge is 0.455 e. The molecule has 0 amide bonds. The van der Waals surface area contributed by atoms with Crippen molar-refractivity contribution < 1.29 is 13.8 Å². The smallest absolute Gasteiger partial charge is 0.270 e. The summed E-state index contributed by atoms with van der Waals surface area (Å²) in [4.78, 5) is 15.0. The first kappa shape index (κ1) is 24.9. The van der Waals surface area contributed by atoms with E-state index in [1.165, 1.54) is 18.3 Å². The van der Waals surface area contributed by atoms with Crippen molar-refractivity contribution in [1.29, 1.82) is 5.26 Å². The molecule has 0 aliphatic heterocycles. The molecule has 7 nitrogen and oxygen atoms in total. The number of furan rings is 2. The number of nitrogens with zero attached hydrogens (tertiary/aromatic N) is 3. The molecule has 0 aliphatic carbocycles. The Morgan fingerprint density at radius 1 is 0.921 bits per heavy atom. The summed E-state index contributed by atoms with van der Waals surface area (Å²) < 4.78 is 12.6. The molecule has 0 aliphatic rings. The molecule has 5 aromatic rings. The van der Waals surface area contributed by atoms with Crippen LogP contribution < -0.4 is 0 Å². The van der Waals surface area contributed by atoms with Crippen molar-refractivity contribution in [2.45, 2.75) is 13.8 Å². The summed E-state index contributed by atoms with van der Waals surface area (Å²) in [7, 11) is 0. The molecular weight excluding hydrogens is 546 g/mol. The van der Waals surface area contributed by atoms with Crippen LogP contribution in [0.4, 0.5) is 11.6 Å². The topological polar surface area (TPSA) is 106 Å². The molecule has 3 aromatic carbocycles. The van der Waals surface area contributed by atoms with Crippen LogP contribution >= 0.6 is 15.9 Å². The van der Waals surface area contributed by atoms with Crippen LogP contribution in [0.1, 0.15) is 22.5 Å². The Morgan fingerprint density at radius 3 is 2.18 bits per heavy atom. The van der Waals surface area contributed by atoms with Crippen molar-refractivity contribution in [3.63, 3.8) is 0 Å². The zero-order chi connectivity index (χ0) is 26.8. The van der Waals surface area contributed by atoms with Crippen molar-refractivity contribution in [3.05, 3.63) is 116 Å². The van der Waals surface area contributed by atoms with Gasteiger partial charge in [0, 0.05) is 33.3 Å². The second-order valence-corrected chi connectivity index (χ2v) is 9.57. The van der Waals surface area contributed by atoms with Crippen LogP contribution in [-0.2, 0) is 0 Å². The minimum absolute atomic E-state index is 0.0235. The third-order valence-corrected chi connectivity index (χ3v) is 6.68. The summed E-state index contributed by atoms with van der Waals surface area (Å²) in [5, 5.41) is 21.1. The van der Waals surface area contributed by atoms with Gasteiger partial charge in [-0.15, -0.1) is 0 Å². The molecule has 2 aromatic heterocycles. The van der Waals surface area contributed by atoms with E-state index in [1.54, 1.807) is 18.2 Å². The monoisotopic (exact) mass is 565 g/mol. The van der Waals surface area contributed by atoms with E-state index in [0.29, 0.717) is 38.4 Å². The van der Waals surface area contributed by atoms with E-state index in [0.717, 1.165) is 22.3 Å². The highest BCUT2D eigenvalue weighted by molar-refractivity contribution is 9.10. The molecule has 186 valence electrons. The lowest BCUT2D eigenvalue weighted by atomic mass is 9.97. The summed E-state index contributed by atoms with van der Waals surface area (Å²) in [6.45, 7) is 4.02. The van der Waals surface area contributed by atoms with Crippen LogP contribution in [0.25, 0.3) is 33.8 Å². The van der Waals surface area contributed by atoms with E-state index < -0.39 is 4.92 Å². The fourth-order valence-electron chi connectivity index (χ4n) is 4.02. The Hall–Kier alpha value is -4.74. The highest BCUT2D eigenvalue weighted by Crippen LogP contribution is 2.42. The van der Waals surface area contributed by atoms with Gasteiger partial charge in [0.1, 0.15) is 28.9 Å². The number of benzene rings is 3. The molecule has 0 saturated heterocycles. The molecule has 38 heavy (non-hydrogen) atoms. The minimum atomic E-state index is -0.458. The van der Waals surface area contributed by atoms with E-state index in [1.807, 2.05) is 62.4 Å². The van der Waals surface area contributed by atoms with Crippen LogP contribution in [0.3, 0.4) is 0 Å². The van der Waals surface area contributed by atoms with Gasteiger partial charge in [0.15, 0.2) is 0 Å². The summed E-state index contributed by atoms with van der Waals surface area (Å²) in [6.07, 6.45) is 1.49. The molecule has 2 heterocycles. The number of nitro benzene ring substituents is 1. The predicted molar refractivity (Wildman–Crippen MR) is 150 cm³/mol. The first-order valence-corrected chi connectivity index (χ1v) is 12.4. The van der Waals surface area contributed by atoms with Gasteiger partial charge in [0.05, 0.1) is 11.1 Å². The lowest BCUT2D eigenvalue weighted by Gasteiger charge is -2.05. The summed E-state index contributed by atoms with van der Waals surface area (Å²) >= 11 is 3.37. The minimum Gasteiger partial charge on any atom is -0.455 e. The molecule has 8 heteroatoms. The van der Waals surface area contributed by atoms with Crippen molar-refractivity contribution in [2.24, 2.45) is 4.99 Å². The number of halogens is 1. The highest BCUT2D eigenvalue weighted by Gasteiger charge is 2.23. The van der Waals surface area contributed by atoms with Crippen LogP contribution in [0.5, 0.6) is 0 Å². The Kier molecular flexibility index (Phi) is 6.77. The number of nitriles is 1. The van der Waals surface area contributed by atoms with Crippen LogP contribution in [0.2, 0.25) is 0 Å². The lowest BCUT2D eigenvalue weighted by molar-refractivity contribution is -0.384. The number of hydrogen-bond acceptors (Lipinski definition) is 6. The van der Waals surface area contributed by atoms with Crippen LogP contribution in [0.15, 0.2) is 97.2 Å². The molecular formula is C30H20BrN3O4. The SMILES string of the molecule is Cc1ccc(-c2oc(N=Cc3ccc(-c4ccc([N+](=O)[O-])cc4Br)o3)c(C#N)c2-c2ccc(C)cc2)cc1. The predicted octanol–water partition coefficient (Wildman–Crippen LogP) is 8.78. The third-order valence-electron chi connectivity index (χ3n) is 6.02. The van der Waals surface area contributed by atoms with Gasteiger partial charge in [-0.25, -0.2) is 4.99 Å². The van der Waals surface area contributed by atoms with Gasteiger partial charge >= 0.3 is 0 Å².